The van der Waals surface area contributed by atoms with Crippen LogP contribution < -0.4 is 0 Å². The summed E-state index contributed by atoms with van der Waals surface area (Å²) in [5.74, 6) is 0.586. The first-order valence-corrected chi connectivity index (χ1v) is 8.98. The second-order valence-electron chi connectivity index (χ2n) is 8.31. The number of fused-ring (bicyclic) bond motifs is 1. The smallest absolute Gasteiger partial charge is 0.311 e. The number of carbonyl (C=O) groups is 2. The molecule has 2 fully saturated rings. The van der Waals surface area contributed by atoms with Gasteiger partial charge in [0, 0.05) is 26.2 Å². The van der Waals surface area contributed by atoms with Crippen molar-refractivity contribution in [3.63, 3.8) is 0 Å². The number of carboxylic acid groups (broad SMARTS) is 1. The minimum Gasteiger partial charge on any atom is -0.481 e. The van der Waals surface area contributed by atoms with Crippen LogP contribution in [0, 0.1) is 23.2 Å². The number of halogens is 1. The molecule has 0 unspecified atom stereocenters. The highest BCUT2D eigenvalue weighted by Crippen LogP contribution is 2.48. The third kappa shape index (κ3) is 4.63. The summed E-state index contributed by atoms with van der Waals surface area (Å²) in [6.45, 7) is 11.7. The lowest BCUT2D eigenvalue weighted by molar-refractivity contribution is -0.149. The van der Waals surface area contributed by atoms with Crippen molar-refractivity contribution in [2.24, 2.45) is 23.2 Å². The largest absolute Gasteiger partial charge is 0.481 e. The third-order valence-corrected chi connectivity index (χ3v) is 5.25. The van der Waals surface area contributed by atoms with Gasteiger partial charge in [0.25, 0.3) is 0 Å². The van der Waals surface area contributed by atoms with Crippen molar-refractivity contribution in [1.29, 1.82) is 0 Å². The molecule has 1 heterocycles. The maximum atomic E-state index is 12.7. The zero-order valence-corrected chi connectivity index (χ0v) is 16.3. The number of nitrogens with zero attached hydrogens (tertiary/aromatic N) is 2. The number of carboxylic acids is 1. The summed E-state index contributed by atoms with van der Waals surface area (Å²) < 4.78 is 0. The standard InChI is InChI=1S/C18H32N2O3.ClH/c1-13(2)8-20(9-14(3)4)16(21)11-19-10-15-6-5-7-18(15,12-19)17(22)23;/h13-15H,5-12H2,1-4H3,(H,22,23);1H/t15-,18+;/m0./s1. The highest BCUT2D eigenvalue weighted by atomic mass is 35.5. The Balaban J connectivity index is 0.00000288. The molecule has 5 nitrogen and oxygen atoms in total. The summed E-state index contributed by atoms with van der Waals surface area (Å²) in [6, 6.07) is 0. The van der Waals surface area contributed by atoms with Gasteiger partial charge in [-0.15, -0.1) is 12.4 Å². The zero-order chi connectivity index (χ0) is 17.2. The van der Waals surface area contributed by atoms with E-state index in [1.54, 1.807) is 0 Å². The summed E-state index contributed by atoms with van der Waals surface area (Å²) in [5, 5.41) is 9.65. The van der Waals surface area contributed by atoms with Crippen LogP contribution >= 0.6 is 12.4 Å². The number of aliphatic carboxylic acids is 1. The lowest BCUT2D eigenvalue weighted by Crippen LogP contribution is -2.44. The van der Waals surface area contributed by atoms with Crippen molar-refractivity contribution in [2.75, 3.05) is 32.7 Å². The van der Waals surface area contributed by atoms with E-state index < -0.39 is 11.4 Å². The second kappa shape index (κ2) is 8.52. The number of carbonyl (C=O) groups excluding carboxylic acids is 1. The number of rotatable bonds is 7. The van der Waals surface area contributed by atoms with Crippen LogP contribution in [-0.4, -0.2) is 59.5 Å². The molecule has 1 aliphatic carbocycles. The fourth-order valence-corrected chi connectivity index (χ4v) is 4.31. The summed E-state index contributed by atoms with van der Waals surface area (Å²) in [6.07, 6.45) is 2.75. The summed E-state index contributed by atoms with van der Waals surface area (Å²) >= 11 is 0. The molecule has 24 heavy (non-hydrogen) atoms. The van der Waals surface area contributed by atoms with Crippen LogP contribution in [0.2, 0.25) is 0 Å². The van der Waals surface area contributed by atoms with Crippen molar-refractivity contribution in [3.8, 4) is 0 Å². The molecule has 0 bridgehead atoms. The molecule has 0 aromatic rings. The number of hydrogen-bond donors (Lipinski definition) is 1. The quantitative estimate of drug-likeness (QED) is 0.758. The average molecular weight is 361 g/mol. The molecular formula is C18H33ClN2O3. The van der Waals surface area contributed by atoms with Gasteiger partial charge in [-0.1, -0.05) is 34.1 Å². The fourth-order valence-electron chi connectivity index (χ4n) is 4.31. The molecule has 0 aromatic heterocycles. The molecule has 140 valence electrons. The Morgan fingerprint density at radius 3 is 2.25 bits per heavy atom. The minimum absolute atomic E-state index is 0. The molecule has 1 saturated heterocycles. The van der Waals surface area contributed by atoms with Gasteiger partial charge < -0.3 is 10.0 Å². The van der Waals surface area contributed by atoms with E-state index in [0.717, 1.165) is 38.9 Å². The van der Waals surface area contributed by atoms with Crippen LogP contribution in [0.4, 0.5) is 0 Å². The number of amides is 1. The predicted octanol–water partition coefficient (Wildman–Crippen LogP) is 2.74. The normalized spacial score (nSPS) is 26.5. The van der Waals surface area contributed by atoms with Crippen LogP contribution in [0.5, 0.6) is 0 Å². The van der Waals surface area contributed by atoms with E-state index in [2.05, 4.69) is 32.6 Å². The topological polar surface area (TPSA) is 60.9 Å². The molecule has 2 rings (SSSR count). The van der Waals surface area contributed by atoms with Gasteiger partial charge in [0.1, 0.15) is 0 Å². The van der Waals surface area contributed by atoms with Gasteiger partial charge in [-0.25, -0.2) is 0 Å². The van der Waals surface area contributed by atoms with Gasteiger partial charge in [0.15, 0.2) is 0 Å². The Labute approximate surface area is 152 Å². The average Bonchev–Trinajstić information content (AvgIpc) is 2.94. The molecule has 0 spiro atoms. The summed E-state index contributed by atoms with van der Waals surface area (Å²) in [5.41, 5.74) is -0.596. The molecule has 0 radical (unpaired) electrons. The van der Waals surface area contributed by atoms with Crippen LogP contribution in [0.15, 0.2) is 0 Å². The first kappa shape index (κ1) is 21.2. The zero-order valence-electron chi connectivity index (χ0n) is 15.5. The van der Waals surface area contributed by atoms with Crippen LogP contribution in [0.3, 0.4) is 0 Å². The Kier molecular flexibility index (Phi) is 7.54. The molecule has 1 aliphatic heterocycles. The Hall–Kier alpha value is -0.810. The molecule has 1 saturated carbocycles. The monoisotopic (exact) mass is 360 g/mol. The van der Waals surface area contributed by atoms with Gasteiger partial charge in [0.2, 0.25) is 5.91 Å². The van der Waals surface area contributed by atoms with Gasteiger partial charge in [-0.05, 0) is 30.6 Å². The predicted molar refractivity (Wildman–Crippen MR) is 97.4 cm³/mol. The van der Waals surface area contributed by atoms with Gasteiger partial charge in [-0.2, -0.15) is 0 Å². The number of likely N-dealkylation sites (tertiary alicyclic amines) is 1. The Morgan fingerprint density at radius 1 is 1.21 bits per heavy atom. The van der Waals surface area contributed by atoms with Crippen molar-refractivity contribution in [3.05, 3.63) is 0 Å². The molecule has 6 heteroatoms. The van der Waals surface area contributed by atoms with Gasteiger partial charge in [-0.3, -0.25) is 14.5 Å². The van der Waals surface area contributed by atoms with Gasteiger partial charge in [0.05, 0.1) is 12.0 Å². The summed E-state index contributed by atoms with van der Waals surface area (Å²) in [7, 11) is 0. The lowest BCUT2D eigenvalue weighted by Gasteiger charge is -2.29. The first-order chi connectivity index (χ1) is 10.7. The van der Waals surface area contributed by atoms with E-state index >= 15 is 0 Å². The van der Waals surface area contributed by atoms with Crippen LogP contribution in [-0.2, 0) is 9.59 Å². The van der Waals surface area contributed by atoms with E-state index in [1.165, 1.54) is 0 Å². The Bertz CT molecular complexity index is 446. The van der Waals surface area contributed by atoms with E-state index in [9.17, 15) is 14.7 Å². The van der Waals surface area contributed by atoms with Crippen LogP contribution in [0.25, 0.3) is 0 Å². The maximum absolute atomic E-state index is 12.7. The highest BCUT2D eigenvalue weighted by Gasteiger charge is 2.54. The van der Waals surface area contributed by atoms with E-state index in [1.807, 2.05) is 4.90 Å². The molecule has 0 aromatic carbocycles. The van der Waals surface area contributed by atoms with Gasteiger partial charge >= 0.3 is 5.97 Å². The van der Waals surface area contributed by atoms with Crippen LogP contribution in [0.1, 0.15) is 47.0 Å². The van der Waals surface area contributed by atoms with Crippen molar-refractivity contribution >= 4 is 24.3 Å². The second-order valence-corrected chi connectivity index (χ2v) is 8.31. The molecule has 2 aliphatic rings. The van der Waals surface area contributed by atoms with E-state index in [0.29, 0.717) is 24.9 Å². The molecule has 2 atom stereocenters. The van der Waals surface area contributed by atoms with Crippen molar-refractivity contribution in [2.45, 2.75) is 47.0 Å². The SMILES string of the molecule is CC(C)CN(CC(C)C)C(=O)CN1C[C@@H]2CCC[C@@]2(C(=O)O)C1.Cl. The third-order valence-electron chi connectivity index (χ3n) is 5.25. The molecule has 1 amide bonds. The number of hydrogen-bond acceptors (Lipinski definition) is 3. The van der Waals surface area contributed by atoms with Crippen molar-refractivity contribution in [1.82, 2.24) is 9.80 Å². The minimum atomic E-state index is -0.670. The van der Waals surface area contributed by atoms with Crippen molar-refractivity contribution < 1.29 is 14.7 Å². The van der Waals surface area contributed by atoms with E-state index in [4.69, 9.17) is 0 Å². The summed E-state index contributed by atoms with van der Waals surface area (Å²) in [4.78, 5) is 28.5. The fraction of sp³-hybridized carbons (Fsp3) is 0.889. The molecule has 1 N–H and O–H groups in total. The highest BCUT2D eigenvalue weighted by molar-refractivity contribution is 5.85. The Morgan fingerprint density at radius 2 is 1.79 bits per heavy atom. The lowest BCUT2D eigenvalue weighted by atomic mass is 9.81. The molecular weight excluding hydrogens is 328 g/mol. The van der Waals surface area contributed by atoms with E-state index in [-0.39, 0.29) is 24.2 Å². The first-order valence-electron chi connectivity index (χ1n) is 8.98. The maximum Gasteiger partial charge on any atom is 0.311 e.